The highest BCUT2D eigenvalue weighted by molar-refractivity contribution is 5.22. The molecule has 0 amide bonds. The number of likely N-dealkylation sites (N-methyl/N-ethyl adjacent to an activating group) is 2. The van der Waals surface area contributed by atoms with Gasteiger partial charge in [0.25, 0.3) is 0 Å². The average molecular weight is 417 g/mol. The number of hydrogen-bond acceptors (Lipinski definition) is 6. The van der Waals surface area contributed by atoms with E-state index in [0.29, 0.717) is 0 Å². The Morgan fingerprint density at radius 3 is 1.33 bits per heavy atom. The average Bonchev–Trinajstić information content (AvgIpc) is 2.77. The first-order valence-corrected chi connectivity index (χ1v) is 12.0. The fraction of sp³-hybridized carbons (Fsp3) is 0.750. The van der Waals surface area contributed by atoms with Crippen molar-refractivity contribution in [2.45, 2.75) is 25.9 Å². The highest BCUT2D eigenvalue weighted by atomic mass is 15.2. The topological polar surface area (TPSA) is 37.0 Å². The van der Waals surface area contributed by atoms with Crippen molar-refractivity contribution in [3.8, 4) is 0 Å². The van der Waals surface area contributed by atoms with Crippen LogP contribution in [0.15, 0.2) is 24.3 Å². The first kappa shape index (κ1) is 23.6. The Morgan fingerprint density at radius 1 is 0.600 bits per heavy atom. The summed E-state index contributed by atoms with van der Waals surface area (Å²) in [5.41, 5.74) is 2.77. The van der Waals surface area contributed by atoms with Crippen molar-refractivity contribution in [3.63, 3.8) is 0 Å². The molecule has 2 N–H and O–H groups in total. The second kappa shape index (κ2) is 13.4. The van der Waals surface area contributed by atoms with Crippen molar-refractivity contribution in [1.82, 2.24) is 30.2 Å². The van der Waals surface area contributed by atoms with Crippen LogP contribution in [0.4, 0.5) is 0 Å². The molecule has 2 aliphatic heterocycles. The second-order valence-electron chi connectivity index (χ2n) is 9.17. The molecule has 3 rings (SSSR count). The molecule has 170 valence electrons. The predicted octanol–water partition coefficient (Wildman–Crippen LogP) is 1.14. The Labute approximate surface area is 184 Å². The van der Waals surface area contributed by atoms with Crippen LogP contribution in [-0.2, 0) is 13.1 Å². The molecule has 2 fully saturated rings. The summed E-state index contributed by atoms with van der Waals surface area (Å²) in [7, 11) is 4.44. The van der Waals surface area contributed by atoms with Gasteiger partial charge < -0.3 is 30.2 Å². The maximum absolute atomic E-state index is 3.60. The number of nitrogens with zero attached hydrogens (tertiary/aromatic N) is 4. The third kappa shape index (κ3) is 9.00. The highest BCUT2D eigenvalue weighted by Crippen LogP contribution is 2.05. The summed E-state index contributed by atoms with van der Waals surface area (Å²) >= 11 is 0. The summed E-state index contributed by atoms with van der Waals surface area (Å²) in [5, 5.41) is 7.21. The van der Waals surface area contributed by atoms with E-state index in [0.717, 1.165) is 26.2 Å². The van der Waals surface area contributed by atoms with Gasteiger partial charge in [-0.15, -0.1) is 0 Å². The number of rotatable bonds is 12. The molecule has 0 aliphatic carbocycles. The molecular formula is C24H44N6. The first-order chi connectivity index (χ1) is 14.7. The molecule has 0 spiro atoms. The Balaban J connectivity index is 1.18. The molecule has 6 heteroatoms. The molecule has 0 unspecified atom stereocenters. The minimum Gasteiger partial charge on any atom is -0.313 e. The molecule has 2 saturated heterocycles. The molecule has 1 aromatic carbocycles. The van der Waals surface area contributed by atoms with Crippen molar-refractivity contribution < 1.29 is 0 Å². The molecular weight excluding hydrogens is 372 g/mol. The zero-order valence-corrected chi connectivity index (χ0v) is 19.4. The van der Waals surface area contributed by atoms with Crippen LogP contribution in [0, 0.1) is 0 Å². The molecule has 1 aromatic rings. The SMILES string of the molecule is CN1CCN(CCCNCc2ccc(CNCCCN3CCN(C)CC3)cc2)CC1. The molecule has 0 atom stereocenters. The van der Waals surface area contributed by atoms with E-state index in [1.165, 1.54) is 89.4 Å². The minimum atomic E-state index is 0.974. The lowest BCUT2D eigenvalue weighted by molar-refractivity contribution is 0.152. The van der Waals surface area contributed by atoms with Gasteiger partial charge in [0.15, 0.2) is 0 Å². The Kier molecular flexibility index (Phi) is 10.6. The molecule has 0 saturated carbocycles. The van der Waals surface area contributed by atoms with Crippen LogP contribution in [0.25, 0.3) is 0 Å². The van der Waals surface area contributed by atoms with Crippen LogP contribution in [0.3, 0.4) is 0 Å². The summed E-state index contributed by atoms with van der Waals surface area (Å²) in [6.07, 6.45) is 2.47. The van der Waals surface area contributed by atoms with Gasteiger partial charge in [-0.05, 0) is 64.2 Å². The lowest BCUT2D eigenvalue weighted by Crippen LogP contribution is -2.45. The van der Waals surface area contributed by atoms with Crippen molar-refractivity contribution >= 4 is 0 Å². The van der Waals surface area contributed by atoms with E-state index >= 15 is 0 Å². The first-order valence-electron chi connectivity index (χ1n) is 12.0. The Hall–Kier alpha value is -1.02. The van der Waals surface area contributed by atoms with Crippen LogP contribution >= 0.6 is 0 Å². The quantitative estimate of drug-likeness (QED) is 0.498. The van der Waals surface area contributed by atoms with E-state index in [1.807, 2.05) is 0 Å². The Morgan fingerprint density at radius 2 is 0.967 bits per heavy atom. The maximum Gasteiger partial charge on any atom is 0.0205 e. The summed E-state index contributed by atoms with van der Waals surface area (Å²) in [6.45, 7) is 16.3. The monoisotopic (exact) mass is 416 g/mol. The van der Waals surface area contributed by atoms with E-state index in [-0.39, 0.29) is 0 Å². The molecule has 30 heavy (non-hydrogen) atoms. The van der Waals surface area contributed by atoms with Crippen LogP contribution in [0.2, 0.25) is 0 Å². The predicted molar refractivity (Wildman–Crippen MR) is 127 cm³/mol. The van der Waals surface area contributed by atoms with E-state index < -0.39 is 0 Å². The molecule has 0 bridgehead atoms. The standard InChI is InChI=1S/C24H44N6/c1-27-13-17-29(18-14-27)11-3-9-25-21-23-5-7-24(8-6-23)22-26-10-4-12-30-19-15-28(2)16-20-30/h5-8,25-26H,3-4,9-22H2,1-2H3. The van der Waals surface area contributed by atoms with E-state index in [9.17, 15) is 0 Å². The number of benzene rings is 1. The molecule has 2 heterocycles. The normalized spacial score (nSPS) is 20.1. The van der Waals surface area contributed by atoms with Crippen LogP contribution in [0.5, 0.6) is 0 Å². The summed E-state index contributed by atoms with van der Waals surface area (Å²) < 4.78 is 0. The zero-order chi connectivity index (χ0) is 21.0. The van der Waals surface area contributed by atoms with Crippen molar-refractivity contribution in [2.75, 3.05) is 92.6 Å². The largest absolute Gasteiger partial charge is 0.313 e. The van der Waals surface area contributed by atoms with E-state index in [2.05, 4.69) is 68.6 Å². The van der Waals surface area contributed by atoms with Gasteiger partial charge in [0, 0.05) is 65.4 Å². The van der Waals surface area contributed by atoms with E-state index in [4.69, 9.17) is 0 Å². The van der Waals surface area contributed by atoms with Gasteiger partial charge in [0.05, 0.1) is 0 Å². The van der Waals surface area contributed by atoms with Crippen molar-refractivity contribution in [1.29, 1.82) is 0 Å². The van der Waals surface area contributed by atoms with Gasteiger partial charge in [-0.2, -0.15) is 0 Å². The van der Waals surface area contributed by atoms with Gasteiger partial charge in [0.1, 0.15) is 0 Å². The van der Waals surface area contributed by atoms with Gasteiger partial charge in [-0.25, -0.2) is 0 Å². The van der Waals surface area contributed by atoms with Crippen molar-refractivity contribution in [3.05, 3.63) is 35.4 Å². The number of piperazine rings is 2. The highest BCUT2D eigenvalue weighted by Gasteiger charge is 2.13. The molecule has 2 aliphatic rings. The fourth-order valence-corrected chi connectivity index (χ4v) is 4.24. The van der Waals surface area contributed by atoms with Crippen LogP contribution < -0.4 is 10.6 Å². The van der Waals surface area contributed by atoms with E-state index in [1.54, 1.807) is 0 Å². The molecule has 0 radical (unpaired) electrons. The minimum absolute atomic E-state index is 0.974. The second-order valence-corrected chi connectivity index (χ2v) is 9.17. The Bertz CT molecular complexity index is 511. The molecule has 0 aromatic heterocycles. The molecule has 6 nitrogen and oxygen atoms in total. The van der Waals surface area contributed by atoms with Crippen molar-refractivity contribution in [2.24, 2.45) is 0 Å². The third-order valence-electron chi connectivity index (χ3n) is 6.53. The lowest BCUT2D eigenvalue weighted by Gasteiger charge is -2.32. The van der Waals surface area contributed by atoms with Gasteiger partial charge in [-0.1, -0.05) is 24.3 Å². The smallest absolute Gasteiger partial charge is 0.0205 e. The summed E-state index contributed by atoms with van der Waals surface area (Å²) in [6, 6.07) is 9.09. The number of hydrogen-bond donors (Lipinski definition) is 2. The van der Waals surface area contributed by atoms with Crippen LogP contribution in [0.1, 0.15) is 24.0 Å². The lowest BCUT2D eigenvalue weighted by atomic mass is 10.1. The van der Waals surface area contributed by atoms with Gasteiger partial charge >= 0.3 is 0 Å². The van der Waals surface area contributed by atoms with Gasteiger partial charge in [0.2, 0.25) is 0 Å². The maximum atomic E-state index is 3.60. The van der Waals surface area contributed by atoms with Crippen LogP contribution in [-0.4, -0.2) is 112 Å². The van der Waals surface area contributed by atoms with Gasteiger partial charge in [-0.3, -0.25) is 0 Å². The summed E-state index contributed by atoms with van der Waals surface area (Å²) in [4.78, 5) is 10.0. The fourth-order valence-electron chi connectivity index (χ4n) is 4.24. The summed E-state index contributed by atoms with van der Waals surface area (Å²) in [5.74, 6) is 0. The third-order valence-corrected chi connectivity index (χ3v) is 6.53. The number of nitrogens with one attached hydrogen (secondary N) is 2. The zero-order valence-electron chi connectivity index (χ0n) is 19.4.